The quantitative estimate of drug-likeness (QED) is 0.896. The molecule has 1 saturated carbocycles. The van der Waals surface area contributed by atoms with Crippen molar-refractivity contribution in [1.29, 1.82) is 0 Å². The van der Waals surface area contributed by atoms with Crippen molar-refractivity contribution < 1.29 is 22.7 Å². The van der Waals surface area contributed by atoms with Crippen molar-refractivity contribution in [1.82, 2.24) is 0 Å². The third kappa shape index (κ3) is 3.66. The average Bonchev–Trinajstić information content (AvgIpc) is 2.82. The van der Waals surface area contributed by atoms with Gasteiger partial charge in [0.2, 0.25) is 0 Å². The molecule has 1 fully saturated rings. The van der Waals surface area contributed by atoms with E-state index in [9.17, 15) is 18.0 Å². The van der Waals surface area contributed by atoms with Gasteiger partial charge in [-0.2, -0.15) is 13.2 Å². The van der Waals surface area contributed by atoms with Crippen LogP contribution in [0.2, 0.25) is 0 Å². The van der Waals surface area contributed by atoms with Crippen LogP contribution in [0.1, 0.15) is 41.6 Å². The number of halogens is 3. The lowest BCUT2D eigenvalue weighted by atomic mass is 10.0. The zero-order chi connectivity index (χ0) is 15.7. The van der Waals surface area contributed by atoms with E-state index in [1.807, 2.05) is 0 Å². The molecule has 1 aliphatic carbocycles. The van der Waals surface area contributed by atoms with Gasteiger partial charge in [0.15, 0.2) is 0 Å². The van der Waals surface area contributed by atoms with Crippen LogP contribution < -0.4 is 16.2 Å². The Bertz CT molecular complexity index is 538. The van der Waals surface area contributed by atoms with Gasteiger partial charge >= 0.3 is 6.18 Å². The monoisotopic (exact) mass is 302 g/mol. The Hall–Kier alpha value is -1.76. The molecule has 1 amide bonds. The molecule has 1 aliphatic rings. The molecule has 116 valence electrons. The van der Waals surface area contributed by atoms with E-state index < -0.39 is 23.2 Å². The number of primary amides is 1. The lowest BCUT2D eigenvalue weighted by Crippen LogP contribution is -2.42. The van der Waals surface area contributed by atoms with Crippen molar-refractivity contribution >= 4 is 5.91 Å². The summed E-state index contributed by atoms with van der Waals surface area (Å²) in [6.07, 6.45) is -0.965. The normalized spacial score (nSPS) is 17.7. The van der Waals surface area contributed by atoms with Crippen LogP contribution in [0.15, 0.2) is 18.2 Å². The van der Waals surface area contributed by atoms with Crippen LogP contribution >= 0.6 is 0 Å². The first kappa shape index (κ1) is 15.6. The summed E-state index contributed by atoms with van der Waals surface area (Å²) >= 11 is 0. The Kier molecular flexibility index (Phi) is 4.13. The number of nitrogens with two attached hydrogens (primary N) is 2. The van der Waals surface area contributed by atoms with E-state index in [2.05, 4.69) is 0 Å². The maximum absolute atomic E-state index is 12.6. The maximum Gasteiger partial charge on any atom is 0.416 e. The van der Waals surface area contributed by atoms with Crippen molar-refractivity contribution in [3.05, 3.63) is 29.3 Å². The summed E-state index contributed by atoms with van der Waals surface area (Å²) < 4.78 is 43.4. The Morgan fingerprint density at radius 2 is 1.90 bits per heavy atom. The van der Waals surface area contributed by atoms with E-state index in [-0.39, 0.29) is 17.9 Å². The van der Waals surface area contributed by atoms with E-state index in [0.29, 0.717) is 6.07 Å². The molecule has 0 aliphatic heterocycles. The number of carbonyl (C=O) groups is 1. The summed E-state index contributed by atoms with van der Waals surface area (Å²) in [7, 11) is 0. The van der Waals surface area contributed by atoms with Crippen LogP contribution in [0.25, 0.3) is 0 Å². The lowest BCUT2D eigenvalue weighted by Gasteiger charge is -2.24. The van der Waals surface area contributed by atoms with Crippen molar-refractivity contribution in [3.63, 3.8) is 0 Å². The van der Waals surface area contributed by atoms with E-state index >= 15 is 0 Å². The molecule has 0 bridgehead atoms. The van der Waals surface area contributed by atoms with Gasteiger partial charge in [-0.3, -0.25) is 4.79 Å². The number of amides is 1. The van der Waals surface area contributed by atoms with Crippen LogP contribution in [-0.2, 0) is 6.18 Å². The minimum absolute atomic E-state index is 0.0345. The van der Waals surface area contributed by atoms with Gasteiger partial charge in [-0.05, 0) is 31.0 Å². The Labute approximate surface area is 120 Å². The second-order valence-corrected chi connectivity index (χ2v) is 5.43. The van der Waals surface area contributed by atoms with Gasteiger partial charge in [0.25, 0.3) is 5.91 Å². The van der Waals surface area contributed by atoms with Gasteiger partial charge in [-0.25, -0.2) is 0 Å². The SMILES string of the molecule is NC(=O)c1cc(C(F)(F)F)ccc1OCC1(N)CCCC1. The average molecular weight is 302 g/mol. The maximum atomic E-state index is 12.6. The Balaban J connectivity index is 2.21. The van der Waals surface area contributed by atoms with E-state index in [0.717, 1.165) is 37.8 Å². The molecule has 0 atom stereocenters. The van der Waals surface area contributed by atoms with E-state index in [1.54, 1.807) is 0 Å². The molecule has 7 heteroatoms. The standard InChI is InChI=1S/C14H17F3N2O2/c15-14(16,17)9-3-4-11(10(7-9)12(18)20)21-8-13(19)5-1-2-6-13/h3-4,7H,1-2,5-6,8,19H2,(H2,18,20). The zero-order valence-corrected chi connectivity index (χ0v) is 11.4. The molecule has 4 nitrogen and oxygen atoms in total. The third-order valence-electron chi connectivity index (χ3n) is 3.69. The van der Waals surface area contributed by atoms with Gasteiger partial charge in [0, 0.05) is 0 Å². The molecule has 1 aromatic rings. The summed E-state index contributed by atoms with van der Waals surface area (Å²) in [4.78, 5) is 11.3. The molecule has 2 rings (SSSR count). The van der Waals surface area contributed by atoms with Gasteiger partial charge < -0.3 is 16.2 Å². The van der Waals surface area contributed by atoms with Gasteiger partial charge in [0.1, 0.15) is 12.4 Å². The van der Waals surface area contributed by atoms with Gasteiger partial charge in [-0.15, -0.1) is 0 Å². The molecule has 0 spiro atoms. The number of ether oxygens (including phenoxy) is 1. The van der Waals surface area contributed by atoms with Crippen LogP contribution in [-0.4, -0.2) is 18.1 Å². The second-order valence-electron chi connectivity index (χ2n) is 5.43. The zero-order valence-electron chi connectivity index (χ0n) is 11.4. The molecule has 21 heavy (non-hydrogen) atoms. The number of benzene rings is 1. The van der Waals surface area contributed by atoms with Gasteiger partial charge in [-0.1, -0.05) is 12.8 Å². The van der Waals surface area contributed by atoms with Gasteiger partial charge in [0.05, 0.1) is 16.7 Å². The first-order valence-corrected chi connectivity index (χ1v) is 6.64. The highest BCUT2D eigenvalue weighted by Crippen LogP contribution is 2.33. The van der Waals surface area contributed by atoms with Crippen molar-refractivity contribution in [2.75, 3.05) is 6.61 Å². The molecule has 1 aromatic carbocycles. The Morgan fingerprint density at radius 3 is 2.43 bits per heavy atom. The molecule has 0 unspecified atom stereocenters. The molecule has 0 aromatic heterocycles. The molecule has 0 radical (unpaired) electrons. The minimum atomic E-state index is -4.54. The van der Waals surface area contributed by atoms with E-state index in [1.165, 1.54) is 0 Å². The summed E-state index contributed by atoms with van der Waals surface area (Å²) in [5.41, 5.74) is 9.52. The molecular formula is C14H17F3N2O2. The first-order valence-electron chi connectivity index (χ1n) is 6.64. The molecule has 0 saturated heterocycles. The van der Waals surface area contributed by atoms with E-state index in [4.69, 9.17) is 16.2 Å². The summed E-state index contributed by atoms with van der Waals surface area (Å²) in [5, 5.41) is 0. The summed E-state index contributed by atoms with van der Waals surface area (Å²) in [5.74, 6) is -0.930. The fourth-order valence-corrected chi connectivity index (χ4v) is 2.47. The van der Waals surface area contributed by atoms with Crippen LogP contribution in [0.3, 0.4) is 0 Å². The predicted molar refractivity (Wildman–Crippen MR) is 70.8 cm³/mol. The second kappa shape index (κ2) is 5.55. The molecule has 4 N–H and O–H groups in total. The van der Waals surface area contributed by atoms with Crippen molar-refractivity contribution in [2.45, 2.75) is 37.4 Å². The summed E-state index contributed by atoms with van der Waals surface area (Å²) in [6.45, 7) is 0.151. The smallest absolute Gasteiger partial charge is 0.416 e. The van der Waals surface area contributed by atoms with Crippen LogP contribution in [0, 0.1) is 0 Å². The number of hydrogen-bond acceptors (Lipinski definition) is 3. The first-order chi connectivity index (χ1) is 9.71. The Morgan fingerprint density at radius 1 is 1.29 bits per heavy atom. The highest BCUT2D eigenvalue weighted by Gasteiger charge is 2.33. The number of carbonyl (C=O) groups excluding carboxylic acids is 1. The lowest BCUT2D eigenvalue weighted by molar-refractivity contribution is -0.137. The highest BCUT2D eigenvalue weighted by molar-refractivity contribution is 5.95. The predicted octanol–water partition coefficient (Wildman–Crippen LogP) is 2.45. The van der Waals surface area contributed by atoms with Crippen LogP contribution in [0.5, 0.6) is 5.75 Å². The number of rotatable bonds is 4. The van der Waals surface area contributed by atoms with Crippen molar-refractivity contribution in [3.8, 4) is 5.75 Å². The molecule has 0 heterocycles. The minimum Gasteiger partial charge on any atom is -0.491 e. The largest absolute Gasteiger partial charge is 0.491 e. The topological polar surface area (TPSA) is 78.3 Å². The fourth-order valence-electron chi connectivity index (χ4n) is 2.47. The van der Waals surface area contributed by atoms with Crippen molar-refractivity contribution in [2.24, 2.45) is 11.5 Å². The number of alkyl halides is 3. The highest BCUT2D eigenvalue weighted by atomic mass is 19.4. The molecular weight excluding hydrogens is 285 g/mol. The van der Waals surface area contributed by atoms with Crippen LogP contribution in [0.4, 0.5) is 13.2 Å². The fraction of sp³-hybridized carbons (Fsp3) is 0.500. The number of hydrogen-bond donors (Lipinski definition) is 2. The third-order valence-corrected chi connectivity index (χ3v) is 3.69. The summed E-state index contributed by atoms with van der Waals surface area (Å²) in [6, 6.07) is 2.68.